The van der Waals surface area contributed by atoms with Crippen molar-refractivity contribution < 1.29 is 32.3 Å². The fourth-order valence-corrected chi connectivity index (χ4v) is 5.89. The summed E-state index contributed by atoms with van der Waals surface area (Å²) in [6, 6.07) is 24.1. The number of nitrogens with two attached hydrogens (primary N) is 1. The summed E-state index contributed by atoms with van der Waals surface area (Å²) < 4.78 is 39.5. The van der Waals surface area contributed by atoms with Crippen molar-refractivity contribution in [3.05, 3.63) is 120 Å². The molecule has 1 heterocycles. The van der Waals surface area contributed by atoms with Gasteiger partial charge in [-0.05, 0) is 96.4 Å². The molecule has 0 fully saturated rings. The number of aryl methyl sites for hydroxylation is 1. The third-order valence-electron chi connectivity index (χ3n) is 7.13. The van der Waals surface area contributed by atoms with E-state index < -0.39 is 28.1 Å². The van der Waals surface area contributed by atoms with Crippen molar-refractivity contribution in [2.45, 2.75) is 37.3 Å². The summed E-state index contributed by atoms with van der Waals surface area (Å²) in [5.41, 5.74) is 8.68. The summed E-state index contributed by atoms with van der Waals surface area (Å²) in [6.45, 7) is 1.68. The second kappa shape index (κ2) is 14.2. The molecular formula is C34H33N5O7S. The van der Waals surface area contributed by atoms with Crippen LogP contribution in [0.15, 0.2) is 106 Å². The number of benzene rings is 4. The number of nitrogen functional groups attached to an aromatic ring is 1. The zero-order chi connectivity index (χ0) is 33.6. The largest absolute Gasteiger partial charge is 0.458 e. The van der Waals surface area contributed by atoms with Crippen molar-refractivity contribution in [3.63, 3.8) is 0 Å². The Balaban J connectivity index is 1.42. The number of amidine groups is 1. The predicted molar refractivity (Wildman–Crippen MR) is 178 cm³/mol. The molecule has 4 aromatic carbocycles. The number of nitrogens with one attached hydrogen (secondary N) is 4. The second-order valence-corrected chi connectivity index (χ2v) is 12.3. The maximum atomic E-state index is 13.8. The predicted octanol–water partition coefficient (Wildman–Crippen LogP) is 5.23. The molecule has 5 rings (SSSR count). The number of sulfonamides is 1. The maximum Gasteiger partial charge on any atom is 0.418 e. The molecule has 0 aliphatic heterocycles. The van der Waals surface area contributed by atoms with E-state index in [4.69, 9.17) is 20.3 Å². The number of hydrogen-bond acceptors (Lipinski definition) is 10. The van der Waals surface area contributed by atoms with Crippen LogP contribution in [0.4, 0.5) is 16.2 Å². The van der Waals surface area contributed by atoms with Gasteiger partial charge in [0.2, 0.25) is 0 Å². The van der Waals surface area contributed by atoms with Crippen molar-refractivity contribution >= 4 is 50.2 Å². The average Bonchev–Trinajstić information content (AvgIpc) is 3.48. The van der Waals surface area contributed by atoms with E-state index >= 15 is 0 Å². The molecule has 0 bridgehead atoms. The summed E-state index contributed by atoms with van der Waals surface area (Å²) in [5, 5.41) is 24.1. The van der Waals surface area contributed by atoms with Gasteiger partial charge in [-0.2, -0.15) is 0 Å². The lowest BCUT2D eigenvalue weighted by Gasteiger charge is -2.21. The first-order valence-corrected chi connectivity index (χ1v) is 16.1. The minimum atomic E-state index is -4.26. The highest BCUT2D eigenvalue weighted by atomic mass is 32.2. The Morgan fingerprint density at radius 1 is 0.979 bits per heavy atom. The number of amides is 2. The Hall–Kier alpha value is -5.66. The fourth-order valence-electron chi connectivity index (χ4n) is 4.90. The zero-order valence-corrected chi connectivity index (χ0v) is 26.1. The van der Waals surface area contributed by atoms with Gasteiger partial charge in [0.15, 0.2) is 0 Å². The number of fused-ring (bicyclic) bond motifs is 1. The van der Waals surface area contributed by atoms with E-state index in [0.29, 0.717) is 51.4 Å². The van der Waals surface area contributed by atoms with Crippen molar-refractivity contribution in [1.29, 1.82) is 5.41 Å². The van der Waals surface area contributed by atoms with Crippen molar-refractivity contribution in [1.82, 2.24) is 10.0 Å². The Bertz CT molecular complexity index is 2010. The monoisotopic (exact) mass is 655 g/mol. The number of ether oxygens (including phenoxy) is 1. The van der Waals surface area contributed by atoms with E-state index in [1.54, 1.807) is 72.8 Å². The number of rotatable bonds is 11. The minimum Gasteiger partial charge on any atom is -0.458 e. The van der Waals surface area contributed by atoms with Crippen LogP contribution in [-0.2, 0) is 27.8 Å². The van der Waals surface area contributed by atoms with Gasteiger partial charge >= 0.3 is 6.09 Å². The summed E-state index contributed by atoms with van der Waals surface area (Å²) in [6.07, 6.45) is 0.547. The van der Waals surface area contributed by atoms with E-state index in [0.717, 1.165) is 12.0 Å². The average molecular weight is 656 g/mol. The Kier molecular flexibility index (Phi) is 9.88. The van der Waals surface area contributed by atoms with Crippen molar-refractivity contribution in [2.75, 3.05) is 11.1 Å². The molecule has 0 saturated heterocycles. The van der Waals surface area contributed by atoms with Gasteiger partial charge in [0, 0.05) is 22.3 Å². The van der Waals surface area contributed by atoms with E-state index in [9.17, 15) is 23.1 Å². The van der Waals surface area contributed by atoms with Crippen LogP contribution in [0.5, 0.6) is 5.75 Å². The molecular weight excluding hydrogens is 622 g/mol. The summed E-state index contributed by atoms with van der Waals surface area (Å²) in [7, 11) is -4.26. The van der Waals surface area contributed by atoms with Crippen LogP contribution >= 0.6 is 0 Å². The minimum absolute atomic E-state index is 0.135. The standard InChI is InChI=1S/C34H33N5O7S/c1-2-6-22-17-23(18-24-19-28(20-40)45-31(22)24)30(33(41)39-47(43,44)29-15-11-25(35)12-16-29)37-26-13-9-21(10-14-26)32(36)38-34(42)46-27-7-4-3-5-8-27/h3-5,7-19,30,37,40H,2,6,20,35H2,1H3,(H,39,41)(H2,36,38,42)/t30-/m1/s1. The molecule has 0 spiro atoms. The number of aliphatic hydroxyl groups is 1. The van der Waals surface area contributed by atoms with Gasteiger partial charge < -0.3 is 25.3 Å². The molecule has 0 saturated carbocycles. The molecule has 13 heteroatoms. The van der Waals surface area contributed by atoms with E-state index in [1.165, 1.54) is 24.3 Å². The van der Waals surface area contributed by atoms with Gasteiger partial charge in [-0.3, -0.25) is 15.5 Å². The number of aliphatic hydroxyl groups excluding tert-OH is 1. The molecule has 0 aliphatic carbocycles. The third-order valence-corrected chi connectivity index (χ3v) is 8.49. The first-order chi connectivity index (χ1) is 22.6. The molecule has 0 radical (unpaired) electrons. The van der Waals surface area contributed by atoms with Crippen LogP contribution in [-0.4, -0.2) is 31.4 Å². The topological polar surface area (TPSA) is 197 Å². The van der Waals surface area contributed by atoms with Gasteiger partial charge in [-0.25, -0.2) is 17.9 Å². The highest BCUT2D eigenvalue weighted by molar-refractivity contribution is 7.90. The molecule has 12 nitrogen and oxygen atoms in total. The molecule has 1 aromatic heterocycles. The summed E-state index contributed by atoms with van der Waals surface area (Å²) in [4.78, 5) is 25.9. The number of carbonyl (C=O) groups excluding carboxylic acids is 2. The van der Waals surface area contributed by atoms with E-state index in [-0.39, 0.29) is 17.3 Å². The molecule has 2 amide bonds. The molecule has 47 heavy (non-hydrogen) atoms. The second-order valence-electron chi connectivity index (χ2n) is 10.6. The zero-order valence-electron chi connectivity index (χ0n) is 25.3. The lowest BCUT2D eigenvalue weighted by molar-refractivity contribution is -0.120. The summed E-state index contributed by atoms with van der Waals surface area (Å²) >= 11 is 0. The van der Waals surface area contributed by atoms with Gasteiger partial charge in [-0.1, -0.05) is 31.5 Å². The summed E-state index contributed by atoms with van der Waals surface area (Å²) in [5.74, 6) is -0.385. The van der Waals surface area contributed by atoms with Crippen LogP contribution in [0.3, 0.4) is 0 Å². The molecule has 5 aromatic rings. The number of anilines is 2. The van der Waals surface area contributed by atoms with Gasteiger partial charge in [0.25, 0.3) is 15.9 Å². The molecule has 0 unspecified atom stereocenters. The van der Waals surface area contributed by atoms with Gasteiger partial charge in [0.1, 0.15) is 35.6 Å². The third kappa shape index (κ3) is 7.95. The smallest absolute Gasteiger partial charge is 0.418 e. The lowest BCUT2D eigenvalue weighted by Crippen LogP contribution is -2.37. The van der Waals surface area contributed by atoms with Crippen molar-refractivity contribution in [3.8, 4) is 5.75 Å². The normalized spacial score (nSPS) is 11.9. The highest BCUT2D eigenvalue weighted by Crippen LogP contribution is 2.31. The van der Waals surface area contributed by atoms with Crippen LogP contribution in [0.2, 0.25) is 0 Å². The Labute approximate surface area is 271 Å². The fraction of sp³-hybridized carbons (Fsp3) is 0.147. The number of hydrogen-bond donors (Lipinski definition) is 6. The molecule has 1 atom stereocenters. The first-order valence-electron chi connectivity index (χ1n) is 14.6. The van der Waals surface area contributed by atoms with Crippen LogP contribution in [0.25, 0.3) is 11.0 Å². The number of carbonyl (C=O) groups is 2. The first kappa shape index (κ1) is 32.7. The quantitative estimate of drug-likeness (QED) is 0.0627. The van der Waals surface area contributed by atoms with Crippen molar-refractivity contribution in [2.24, 2.45) is 0 Å². The molecule has 0 aliphatic rings. The van der Waals surface area contributed by atoms with E-state index in [2.05, 4.69) is 15.4 Å². The van der Waals surface area contributed by atoms with Gasteiger partial charge in [0.05, 0.1) is 4.90 Å². The highest BCUT2D eigenvalue weighted by Gasteiger charge is 2.28. The van der Waals surface area contributed by atoms with Crippen LogP contribution < -0.4 is 25.8 Å². The lowest BCUT2D eigenvalue weighted by atomic mass is 9.98. The van der Waals surface area contributed by atoms with Crippen LogP contribution in [0, 0.1) is 5.41 Å². The maximum absolute atomic E-state index is 13.8. The van der Waals surface area contributed by atoms with E-state index in [1.807, 2.05) is 6.92 Å². The Morgan fingerprint density at radius 3 is 2.34 bits per heavy atom. The number of para-hydroxylation sites is 1. The Morgan fingerprint density at radius 2 is 1.68 bits per heavy atom. The van der Waals surface area contributed by atoms with Gasteiger partial charge in [-0.15, -0.1) is 0 Å². The molecule has 7 N–H and O–H groups in total. The SMILES string of the molecule is CCCc1cc([C@@H](Nc2ccc(C(=N)NC(=O)Oc3ccccc3)cc2)C(=O)NS(=O)(=O)c2ccc(N)cc2)cc2cc(CO)oc12. The van der Waals surface area contributed by atoms with Crippen LogP contribution in [0.1, 0.15) is 41.8 Å². The molecule has 242 valence electrons. The number of furan rings is 1.